The molecule has 6 nitrogen and oxygen atoms in total. The number of aromatic nitrogens is 3. The van der Waals surface area contributed by atoms with Gasteiger partial charge in [0.1, 0.15) is 17.8 Å². The van der Waals surface area contributed by atoms with Crippen molar-refractivity contribution in [1.29, 1.82) is 0 Å². The van der Waals surface area contributed by atoms with Gasteiger partial charge < -0.3 is 10.6 Å². The molecule has 0 saturated heterocycles. The Morgan fingerprint density at radius 1 is 1.33 bits per heavy atom. The maximum atomic E-state index is 11.8. The number of carbonyl (C=O) groups is 1. The number of amides is 1. The number of carbonyl (C=O) groups excluding carboxylic acids is 1. The zero-order valence-electron chi connectivity index (χ0n) is 9.92. The summed E-state index contributed by atoms with van der Waals surface area (Å²) in [7, 11) is 1.75. The van der Waals surface area contributed by atoms with E-state index in [-0.39, 0.29) is 5.91 Å². The standard InChI is InChI=1S/C12H13N5O/c1-13-11-4-2-3-10(17-11)12(18)15-7-9-5-6-14-8-16-9/h2-6,8H,7H2,1H3,(H,13,17)(H,15,18). The molecule has 0 aromatic carbocycles. The van der Waals surface area contributed by atoms with E-state index in [0.717, 1.165) is 5.69 Å². The second kappa shape index (κ2) is 5.72. The molecule has 0 radical (unpaired) electrons. The van der Waals surface area contributed by atoms with Crippen LogP contribution in [0.5, 0.6) is 0 Å². The third-order valence-corrected chi connectivity index (χ3v) is 2.31. The maximum Gasteiger partial charge on any atom is 0.270 e. The van der Waals surface area contributed by atoms with Crippen LogP contribution in [0.3, 0.4) is 0 Å². The summed E-state index contributed by atoms with van der Waals surface area (Å²) in [4.78, 5) is 23.8. The molecule has 1 amide bonds. The van der Waals surface area contributed by atoms with Crippen LogP contribution in [0.25, 0.3) is 0 Å². The fourth-order valence-corrected chi connectivity index (χ4v) is 1.38. The summed E-state index contributed by atoms with van der Waals surface area (Å²) in [6.45, 7) is 0.354. The van der Waals surface area contributed by atoms with Crippen LogP contribution >= 0.6 is 0 Å². The highest BCUT2D eigenvalue weighted by Crippen LogP contribution is 2.03. The van der Waals surface area contributed by atoms with Crippen molar-refractivity contribution < 1.29 is 4.79 Å². The summed E-state index contributed by atoms with van der Waals surface area (Å²) in [5.41, 5.74) is 1.12. The average molecular weight is 243 g/mol. The van der Waals surface area contributed by atoms with Crippen molar-refractivity contribution in [3.8, 4) is 0 Å². The Morgan fingerprint density at radius 2 is 2.22 bits per heavy atom. The molecule has 2 rings (SSSR count). The smallest absolute Gasteiger partial charge is 0.270 e. The first-order chi connectivity index (χ1) is 8.79. The molecule has 6 heteroatoms. The van der Waals surface area contributed by atoms with Crippen molar-refractivity contribution in [3.05, 3.63) is 48.2 Å². The van der Waals surface area contributed by atoms with E-state index >= 15 is 0 Å². The van der Waals surface area contributed by atoms with Crippen LogP contribution in [-0.2, 0) is 6.54 Å². The van der Waals surface area contributed by atoms with Gasteiger partial charge in [-0.1, -0.05) is 6.07 Å². The van der Waals surface area contributed by atoms with E-state index in [1.54, 1.807) is 37.5 Å². The highest BCUT2D eigenvalue weighted by Gasteiger charge is 2.07. The van der Waals surface area contributed by atoms with Crippen LogP contribution in [0.1, 0.15) is 16.2 Å². The Hall–Kier alpha value is -2.50. The molecule has 2 aromatic rings. The topological polar surface area (TPSA) is 79.8 Å². The molecular weight excluding hydrogens is 230 g/mol. The zero-order chi connectivity index (χ0) is 12.8. The van der Waals surface area contributed by atoms with Crippen molar-refractivity contribution >= 4 is 11.7 Å². The minimum atomic E-state index is -0.231. The summed E-state index contributed by atoms with van der Waals surface area (Å²) in [5, 5.41) is 5.63. The highest BCUT2D eigenvalue weighted by atomic mass is 16.1. The van der Waals surface area contributed by atoms with Crippen LogP contribution in [0.2, 0.25) is 0 Å². The van der Waals surface area contributed by atoms with Gasteiger partial charge in [0.05, 0.1) is 12.2 Å². The van der Waals surface area contributed by atoms with E-state index in [1.165, 1.54) is 6.33 Å². The molecule has 0 bridgehead atoms. The van der Waals surface area contributed by atoms with E-state index in [1.807, 2.05) is 0 Å². The Kier molecular flexibility index (Phi) is 3.80. The molecule has 2 N–H and O–H groups in total. The largest absolute Gasteiger partial charge is 0.373 e. The lowest BCUT2D eigenvalue weighted by molar-refractivity contribution is 0.0945. The molecule has 18 heavy (non-hydrogen) atoms. The van der Waals surface area contributed by atoms with Crippen molar-refractivity contribution in [2.24, 2.45) is 0 Å². The second-order valence-corrected chi connectivity index (χ2v) is 3.54. The quantitative estimate of drug-likeness (QED) is 0.832. The molecule has 0 aliphatic heterocycles. The first-order valence-electron chi connectivity index (χ1n) is 5.47. The summed E-state index contributed by atoms with van der Waals surface area (Å²) in [6.07, 6.45) is 3.08. The number of hydrogen-bond acceptors (Lipinski definition) is 5. The van der Waals surface area contributed by atoms with Gasteiger partial charge in [-0.15, -0.1) is 0 Å². The molecule has 0 aliphatic rings. The van der Waals surface area contributed by atoms with E-state index < -0.39 is 0 Å². The SMILES string of the molecule is CNc1cccc(C(=O)NCc2ccncn2)n1. The fourth-order valence-electron chi connectivity index (χ4n) is 1.38. The van der Waals surface area contributed by atoms with Crippen molar-refractivity contribution in [3.63, 3.8) is 0 Å². The molecule has 2 heterocycles. The summed E-state index contributed by atoms with van der Waals surface area (Å²) < 4.78 is 0. The molecule has 92 valence electrons. The number of nitrogens with zero attached hydrogens (tertiary/aromatic N) is 3. The van der Waals surface area contributed by atoms with Crippen LogP contribution in [0.4, 0.5) is 5.82 Å². The average Bonchev–Trinajstić information content (AvgIpc) is 2.46. The van der Waals surface area contributed by atoms with E-state index in [9.17, 15) is 4.79 Å². The molecule has 0 saturated carbocycles. The van der Waals surface area contributed by atoms with Gasteiger partial charge in [-0.2, -0.15) is 0 Å². The van der Waals surface area contributed by atoms with E-state index in [2.05, 4.69) is 25.6 Å². The number of pyridine rings is 1. The lowest BCUT2D eigenvalue weighted by Gasteiger charge is -2.05. The lowest BCUT2D eigenvalue weighted by Crippen LogP contribution is -2.24. The van der Waals surface area contributed by atoms with E-state index in [0.29, 0.717) is 18.1 Å². The highest BCUT2D eigenvalue weighted by molar-refractivity contribution is 5.92. The monoisotopic (exact) mass is 243 g/mol. The molecule has 0 spiro atoms. The molecule has 0 unspecified atom stereocenters. The molecular formula is C12H13N5O. The minimum Gasteiger partial charge on any atom is -0.373 e. The van der Waals surface area contributed by atoms with Gasteiger partial charge in [-0.25, -0.2) is 15.0 Å². The first-order valence-corrected chi connectivity index (χ1v) is 5.47. The predicted molar refractivity (Wildman–Crippen MR) is 67.0 cm³/mol. The normalized spacial score (nSPS) is 9.83. The fraction of sp³-hybridized carbons (Fsp3) is 0.167. The summed E-state index contributed by atoms with van der Waals surface area (Å²) >= 11 is 0. The Balaban J connectivity index is 1.99. The molecule has 0 fully saturated rings. The van der Waals surface area contributed by atoms with E-state index in [4.69, 9.17) is 0 Å². The molecule has 0 atom stereocenters. The molecule has 0 aliphatic carbocycles. The number of rotatable bonds is 4. The number of anilines is 1. The third kappa shape index (κ3) is 3.00. The Bertz CT molecular complexity index is 529. The van der Waals surface area contributed by atoms with Gasteiger partial charge in [0, 0.05) is 13.2 Å². The maximum absolute atomic E-state index is 11.8. The van der Waals surface area contributed by atoms with Gasteiger partial charge >= 0.3 is 0 Å². The number of nitrogens with one attached hydrogen (secondary N) is 2. The Labute approximate surface area is 105 Å². The predicted octanol–water partition coefficient (Wildman–Crippen LogP) is 0.843. The number of hydrogen-bond donors (Lipinski definition) is 2. The van der Waals surface area contributed by atoms with Crippen molar-refractivity contribution in [1.82, 2.24) is 20.3 Å². The second-order valence-electron chi connectivity index (χ2n) is 3.54. The lowest BCUT2D eigenvalue weighted by atomic mass is 10.3. The van der Waals surface area contributed by atoms with Crippen LogP contribution in [0.15, 0.2) is 36.8 Å². The van der Waals surface area contributed by atoms with Gasteiger partial charge in [-0.05, 0) is 18.2 Å². The zero-order valence-corrected chi connectivity index (χ0v) is 9.92. The van der Waals surface area contributed by atoms with Gasteiger partial charge in [-0.3, -0.25) is 4.79 Å². The summed E-state index contributed by atoms with van der Waals surface area (Å²) in [5.74, 6) is 0.426. The first kappa shape index (κ1) is 12.0. The summed E-state index contributed by atoms with van der Waals surface area (Å²) in [6, 6.07) is 6.98. The third-order valence-electron chi connectivity index (χ3n) is 2.31. The van der Waals surface area contributed by atoms with Crippen LogP contribution in [0, 0.1) is 0 Å². The molecule has 2 aromatic heterocycles. The van der Waals surface area contributed by atoms with Crippen molar-refractivity contribution in [2.45, 2.75) is 6.54 Å². The van der Waals surface area contributed by atoms with Crippen LogP contribution < -0.4 is 10.6 Å². The van der Waals surface area contributed by atoms with Gasteiger partial charge in [0.25, 0.3) is 5.91 Å². The van der Waals surface area contributed by atoms with Gasteiger partial charge in [0.2, 0.25) is 0 Å². The van der Waals surface area contributed by atoms with Crippen molar-refractivity contribution in [2.75, 3.05) is 12.4 Å². The Morgan fingerprint density at radius 3 is 2.94 bits per heavy atom. The van der Waals surface area contributed by atoms with Gasteiger partial charge in [0.15, 0.2) is 0 Å². The minimum absolute atomic E-state index is 0.231. The van der Waals surface area contributed by atoms with Crippen LogP contribution in [-0.4, -0.2) is 27.9 Å².